The van der Waals surface area contributed by atoms with Gasteiger partial charge in [0, 0.05) is 0 Å². The van der Waals surface area contributed by atoms with E-state index in [-0.39, 0.29) is 0 Å². The van der Waals surface area contributed by atoms with Gasteiger partial charge in [-0.2, -0.15) is 6.42 Å². The summed E-state index contributed by atoms with van der Waals surface area (Å²) in [7, 11) is 0. The molecule has 0 saturated heterocycles. The van der Waals surface area contributed by atoms with E-state index in [9.17, 15) is 4.79 Å². The van der Waals surface area contributed by atoms with E-state index in [2.05, 4.69) is 6.92 Å². The van der Waals surface area contributed by atoms with Crippen molar-refractivity contribution >= 4 is 6.29 Å². The number of hydrogen-bond acceptors (Lipinski definition) is 2. The van der Waals surface area contributed by atoms with Gasteiger partial charge in [-0.05, 0) is 0 Å². The van der Waals surface area contributed by atoms with Crippen LogP contribution in [0.15, 0.2) is 0 Å². The Hall–Kier alpha value is 0.184. The summed E-state index contributed by atoms with van der Waals surface area (Å²) < 4.78 is 8.25. The number of unbranched alkanes of at least 4 members (excludes halogenated alkanes) is 15. The molecule has 0 radical (unpaired) electrons. The molecule has 0 aliphatic carbocycles. The fourth-order valence-electron chi connectivity index (χ4n) is 2.57. The van der Waals surface area contributed by atoms with Crippen molar-refractivity contribution in [1.29, 1.82) is 0 Å². The van der Waals surface area contributed by atoms with Gasteiger partial charge < -0.3 is 4.79 Å². The molecular weight excluding hydrogens is 296 g/mol. The maximum absolute atomic E-state index is 10.0. The topological polar surface area (TPSA) is 34.1 Å². The normalized spacial score (nSPS) is 10.0. The van der Waals surface area contributed by atoms with E-state index in [0.29, 0.717) is 6.42 Å². The first-order chi connectivity index (χ1) is 10.4. The van der Waals surface area contributed by atoms with Crippen LogP contribution in [0.1, 0.15) is 110 Å². The molecule has 0 bridgehead atoms. The van der Waals surface area contributed by atoms with Crippen LogP contribution in [-0.4, -0.2) is 6.29 Å². The number of hydrogen-bond donors (Lipinski definition) is 0. The molecule has 0 aromatic rings. The van der Waals surface area contributed by atoms with Gasteiger partial charge in [-0.25, -0.2) is 0 Å². The number of carbonyl (C=O) groups excluding carboxylic acids is 1. The van der Waals surface area contributed by atoms with Crippen molar-refractivity contribution in [3.05, 3.63) is 0 Å². The Bertz CT molecular complexity index is 186. The van der Waals surface area contributed by atoms with E-state index < -0.39 is 0 Å². The molecule has 0 rings (SSSR count). The van der Waals surface area contributed by atoms with E-state index in [0.717, 1.165) is 26.8 Å². The second kappa shape index (κ2) is 25.2. The fourth-order valence-corrected chi connectivity index (χ4v) is 2.57. The summed E-state index contributed by atoms with van der Waals surface area (Å²) in [6, 6.07) is 0. The SMILES string of the molecule is CCCCCCCCCCCCCCCCC[C-]=O.[O]=[Ti+]. The first kappa shape index (κ1) is 23.5. The molecule has 0 atom stereocenters. The second-order valence-electron chi connectivity index (χ2n) is 5.84. The minimum absolute atomic E-state index is 0.637. The van der Waals surface area contributed by atoms with Crippen molar-refractivity contribution in [1.82, 2.24) is 0 Å². The molecule has 0 aromatic heterocycles. The molecule has 0 spiro atoms. The summed E-state index contributed by atoms with van der Waals surface area (Å²) in [6.07, 6.45) is 23.2. The van der Waals surface area contributed by atoms with E-state index >= 15 is 0 Å². The third-order valence-corrected chi connectivity index (χ3v) is 3.88. The molecule has 123 valence electrons. The average Bonchev–Trinajstić information content (AvgIpc) is 2.53. The standard InChI is InChI=1S/C18H35O.O.Ti/c1-2-3-4-5-6-7-8-9-10-11-12-13-14-15-16-17-18-19;;/h2-17H2,1H3;;/q-1;;+1. The van der Waals surface area contributed by atoms with Gasteiger partial charge in [0.2, 0.25) is 0 Å². The van der Waals surface area contributed by atoms with Crippen LogP contribution < -0.4 is 0 Å². The zero-order valence-electron chi connectivity index (χ0n) is 14.1. The Balaban J connectivity index is 0. The quantitative estimate of drug-likeness (QED) is 0.191. The first-order valence-corrected chi connectivity index (χ1v) is 9.61. The van der Waals surface area contributed by atoms with Gasteiger partial charge >= 0.3 is 23.7 Å². The summed E-state index contributed by atoms with van der Waals surface area (Å²) in [5, 5.41) is 0. The predicted molar refractivity (Wildman–Crippen MR) is 85.9 cm³/mol. The molecule has 0 fully saturated rings. The third kappa shape index (κ3) is 25.5. The molecule has 0 aliphatic heterocycles. The van der Waals surface area contributed by atoms with Crippen molar-refractivity contribution in [3.8, 4) is 0 Å². The van der Waals surface area contributed by atoms with Crippen LogP contribution >= 0.6 is 0 Å². The first-order valence-electron chi connectivity index (χ1n) is 8.97. The summed E-state index contributed by atoms with van der Waals surface area (Å²) in [4.78, 5) is 10.0. The molecule has 0 aromatic carbocycles. The monoisotopic (exact) mass is 331 g/mol. The van der Waals surface area contributed by atoms with E-state index in [1.165, 1.54) is 89.9 Å². The van der Waals surface area contributed by atoms with Gasteiger partial charge in [0.15, 0.2) is 0 Å². The molecule has 21 heavy (non-hydrogen) atoms. The molecular formula is C18H35O2Ti. The summed E-state index contributed by atoms with van der Waals surface area (Å²) >= 11 is 0.750. The van der Waals surface area contributed by atoms with Gasteiger partial charge in [-0.1, -0.05) is 103 Å². The van der Waals surface area contributed by atoms with Crippen molar-refractivity contribution in [3.63, 3.8) is 0 Å². The molecule has 0 amide bonds. The van der Waals surface area contributed by atoms with Crippen LogP contribution in [0.2, 0.25) is 0 Å². The summed E-state index contributed by atoms with van der Waals surface area (Å²) in [5.74, 6) is 0. The average molecular weight is 331 g/mol. The van der Waals surface area contributed by atoms with Crippen molar-refractivity contribution in [2.75, 3.05) is 0 Å². The molecule has 0 aliphatic rings. The van der Waals surface area contributed by atoms with Gasteiger partial charge in [-0.3, -0.25) is 6.29 Å². The second-order valence-corrected chi connectivity index (χ2v) is 5.84. The summed E-state index contributed by atoms with van der Waals surface area (Å²) in [5.41, 5.74) is 0. The van der Waals surface area contributed by atoms with Crippen LogP contribution in [0.4, 0.5) is 0 Å². The fraction of sp³-hybridized carbons (Fsp3) is 0.944. The van der Waals surface area contributed by atoms with E-state index in [1.54, 1.807) is 0 Å². The van der Waals surface area contributed by atoms with Gasteiger partial charge in [0.05, 0.1) is 0 Å². The van der Waals surface area contributed by atoms with Crippen LogP contribution in [0.5, 0.6) is 0 Å². The van der Waals surface area contributed by atoms with Gasteiger partial charge in [0.1, 0.15) is 0 Å². The van der Waals surface area contributed by atoms with E-state index in [1.807, 2.05) is 6.29 Å². The van der Waals surface area contributed by atoms with Gasteiger partial charge in [0.25, 0.3) is 0 Å². The molecule has 0 N–H and O–H groups in total. The Morgan fingerprint density at radius 2 is 0.857 bits per heavy atom. The Morgan fingerprint density at radius 1 is 0.571 bits per heavy atom. The zero-order valence-corrected chi connectivity index (χ0v) is 15.7. The van der Waals surface area contributed by atoms with E-state index in [4.69, 9.17) is 3.32 Å². The predicted octanol–water partition coefficient (Wildman–Crippen LogP) is 6.24. The molecule has 0 saturated carbocycles. The number of rotatable bonds is 16. The molecule has 0 heterocycles. The van der Waals surface area contributed by atoms with Crippen molar-refractivity contribution in [2.24, 2.45) is 0 Å². The van der Waals surface area contributed by atoms with Gasteiger partial charge in [-0.15, -0.1) is 0 Å². The van der Waals surface area contributed by atoms with Crippen molar-refractivity contribution < 1.29 is 28.5 Å². The van der Waals surface area contributed by atoms with Crippen molar-refractivity contribution in [2.45, 2.75) is 110 Å². The molecule has 2 nitrogen and oxygen atoms in total. The summed E-state index contributed by atoms with van der Waals surface area (Å²) in [6.45, 7) is 2.28. The van der Waals surface area contributed by atoms with Crippen LogP contribution in [-0.2, 0) is 28.5 Å². The van der Waals surface area contributed by atoms with Crippen LogP contribution in [0, 0.1) is 0 Å². The maximum atomic E-state index is 10.0. The minimum atomic E-state index is 0.637. The Morgan fingerprint density at radius 3 is 1.14 bits per heavy atom. The van der Waals surface area contributed by atoms with Crippen LogP contribution in [0.3, 0.4) is 0 Å². The third-order valence-electron chi connectivity index (χ3n) is 3.88. The van der Waals surface area contributed by atoms with Crippen LogP contribution in [0.25, 0.3) is 0 Å². The molecule has 0 unspecified atom stereocenters. The Kier molecular flexibility index (Phi) is 28.1. The zero-order chi connectivity index (χ0) is 16.0. The Labute approximate surface area is 144 Å². The molecule has 3 heteroatoms.